The largest absolute Gasteiger partial charge is 0.396 e. The molecule has 1 amide bonds. The molecule has 0 aliphatic carbocycles. The van der Waals surface area contributed by atoms with Crippen LogP contribution in [-0.4, -0.2) is 35.7 Å². The maximum absolute atomic E-state index is 12.8. The molecule has 1 heterocycles. The Morgan fingerprint density at radius 3 is 2.61 bits per heavy atom. The first kappa shape index (κ1) is 23.2. The van der Waals surface area contributed by atoms with Gasteiger partial charge >= 0.3 is 0 Å². The summed E-state index contributed by atoms with van der Waals surface area (Å²) >= 11 is 6.43. The number of rotatable bonds is 11. The van der Waals surface area contributed by atoms with Crippen molar-refractivity contribution in [1.29, 1.82) is 0 Å². The molecule has 1 aromatic heterocycles. The maximum Gasteiger partial charge on any atom is 0.227 e. The van der Waals surface area contributed by atoms with Crippen LogP contribution in [0.2, 0.25) is 5.02 Å². The first-order chi connectivity index (χ1) is 15.1. The van der Waals surface area contributed by atoms with E-state index in [0.717, 1.165) is 54.5 Å². The number of amides is 1. The average Bonchev–Trinajstić information content (AvgIpc) is 2.78. The quantitative estimate of drug-likeness (QED) is 0.381. The highest BCUT2D eigenvalue weighted by atomic mass is 35.5. The summed E-state index contributed by atoms with van der Waals surface area (Å²) in [5.74, 6) is -0.240. The van der Waals surface area contributed by atoms with E-state index in [9.17, 15) is 4.79 Å². The van der Waals surface area contributed by atoms with Crippen LogP contribution in [0.4, 0.5) is 5.69 Å². The molecule has 3 rings (SSSR count). The van der Waals surface area contributed by atoms with Gasteiger partial charge in [-0.3, -0.25) is 9.78 Å². The number of hydrogen-bond acceptors (Lipinski definition) is 4. The summed E-state index contributed by atoms with van der Waals surface area (Å²) < 4.78 is 0. The highest BCUT2D eigenvalue weighted by molar-refractivity contribution is 6.35. The minimum Gasteiger partial charge on any atom is -0.396 e. The number of fused-ring (bicyclic) bond motifs is 1. The van der Waals surface area contributed by atoms with Gasteiger partial charge in [-0.15, -0.1) is 0 Å². The number of aliphatic hydroxyl groups is 1. The summed E-state index contributed by atoms with van der Waals surface area (Å²) in [7, 11) is 0. The molecule has 0 bridgehead atoms. The molecular weight excluding hydrogens is 410 g/mol. The molecular formula is C25H30ClN3O2. The van der Waals surface area contributed by atoms with Gasteiger partial charge in [-0.2, -0.15) is 0 Å². The van der Waals surface area contributed by atoms with Crippen LogP contribution in [0.3, 0.4) is 0 Å². The SMILES string of the molecule is C[C@H](Cc1ccccc1)C(=O)Nc1c(Cl)ccc2nc(CCCNCCCO)ccc12. The lowest BCUT2D eigenvalue weighted by Gasteiger charge is -2.15. The Bertz CT molecular complexity index is 995. The second-order valence-corrected chi connectivity index (χ2v) is 8.21. The number of aliphatic hydroxyl groups excluding tert-OH is 1. The predicted octanol–water partition coefficient (Wildman–Crippen LogP) is 4.61. The number of nitrogens with zero attached hydrogens (tertiary/aromatic N) is 1. The van der Waals surface area contributed by atoms with Crippen molar-refractivity contribution in [3.8, 4) is 0 Å². The van der Waals surface area contributed by atoms with Gasteiger partial charge in [0.2, 0.25) is 5.91 Å². The molecule has 0 aliphatic rings. The molecule has 164 valence electrons. The number of nitrogens with one attached hydrogen (secondary N) is 2. The summed E-state index contributed by atoms with van der Waals surface area (Å²) in [6.07, 6.45) is 3.27. The Hall–Kier alpha value is -2.47. The summed E-state index contributed by atoms with van der Waals surface area (Å²) in [6.45, 7) is 3.85. The molecule has 6 heteroatoms. The van der Waals surface area contributed by atoms with Gasteiger partial charge in [0.25, 0.3) is 0 Å². The summed E-state index contributed by atoms with van der Waals surface area (Å²) in [5.41, 5.74) is 3.58. The van der Waals surface area contributed by atoms with Crippen LogP contribution in [-0.2, 0) is 17.6 Å². The molecule has 0 saturated heterocycles. The predicted molar refractivity (Wildman–Crippen MR) is 128 cm³/mol. The van der Waals surface area contributed by atoms with Crippen LogP contribution in [0.1, 0.15) is 31.0 Å². The van der Waals surface area contributed by atoms with E-state index in [1.165, 1.54) is 0 Å². The Morgan fingerprint density at radius 1 is 1.06 bits per heavy atom. The zero-order valence-electron chi connectivity index (χ0n) is 17.9. The lowest BCUT2D eigenvalue weighted by atomic mass is 10.00. The summed E-state index contributed by atoms with van der Waals surface area (Å²) in [5, 5.41) is 16.5. The lowest BCUT2D eigenvalue weighted by molar-refractivity contribution is -0.119. The third-order valence-electron chi connectivity index (χ3n) is 5.26. The molecule has 0 unspecified atom stereocenters. The van der Waals surface area contributed by atoms with Gasteiger partial charge in [0.15, 0.2) is 0 Å². The van der Waals surface area contributed by atoms with Gasteiger partial charge in [0.1, 0.15) is 0 Å². The van der Waals surface area contributed by atoms with Gasteiger partial charge < -0.3 is 15.7 Å². The van der Waals surface area contributed by atoms with Crippen molar-refractivity contribution in [3.63, 3.8) is 0 Å². The van der Waals surface area contributed by atoms with Crippen molar-refractivity contribution in [2.24, 2.45) is 5.92 Å². The minimum atomic E-state index is -0.181. The highest BCUT2D eigenvalue weighted by Gasteiger charge is 2.17. The van der Waals surface area contributed by atoms with Crippen molar-refractivity contribution in [3.05, 3.63) is 70.9 Å². The van der Waals surface area contributed by atoms with E-state index in [-0.39, 0.29) is 18.4 Å². The van der Waals surface area contributed by atoms with E-state index in [0.29, 0.717) is 17.1 Å². The second-order valence-electron chi connectivity index (χ2n) is 7.80. The van der Waals surface area contributed by atoms with Gasteiger partial charge in [0, 0.05) is 23.6 Å². The van der Waals surface area contributed by atoms with E-state index >= 15 is 0 Å². The van der Waals surface area contributed by atoms with Crippen LogP contribution in [0.5, 0.6) is 0 Å². The van der Waals surface area contributed by atoms with Crippen LogP contribution in [0.15, 0.2) is 54.6 Å². The van der Waals surface area contributed by atoms with E-state index < -0.39 is 0 Å². The van der Waals surface area contributed by atoms with Crippen molar-refractivity contribution < 1.29 is 9.90 Å². The Kier molecular flexibility index (Phi) is 8.83. The zero-order chi connectivity index (χ0) is 22.1. The lowest BCUT2D eigenvalue weighted by Crippen LogP contribution is -2.22. The molecule has 0 fully saturated rings. The Morgan fingerprint density at radius 2 is 1.84 bits per heavy atom. The molecule has 0 saturated carbocycles. The smallest absolute Gasteiger partial charge is 0.227 e. The third-order valence-corrected chi connectivity index (χ3v) is 5.57. The fourth-order valence-electron chi connectivity index (χ4n) is 3.52. The van der Waals surface area contributed by atoms with E-state index in [1.807, 2.05) is 55.5 Å². The molecule has 3 N–H and O–H groups in total. The van der Waals surface area contributed by atoms with Crippen LogP contribution < -0.4 is 10.6 Å². The molecule has 0 aliphatic heterocycles. The minimum absolute atomic E-state index is 0.0590. The molecule has 0 spiro atoms. The number of pyridine rings is 1. The van der Waals surface area contributed by atoms with Crippen molar-refractivity contribution >= 4 is 34.1 Å². The number of halogens is 1. The highest BCUT2D eigenvalue weighted by Crippen LogP contribution is 2.31. The number of anilines is 1. The second kappa shape index (κ2) is 11.8. The number of hydrogen-bond donors (Lipinski definition) is 3. The fraction of sp³-hybridized carbons (Fsp3) is 0.360. The number of carbonyl (C=O) groups excluding carboxylic acids is 1. The van der Waals surface area contributed by atoms with Crippen molar-refractivity contribution in [2.75, 3.05) is 25.0 Å². The van der Waals surface area contributed by atoms with Crippen molar-refractivity contribution in [2.45, 2.75) is 32.6 Å². The van der Waals surface area contributed by atoms with Gasteiger partial charge in [-0.25, -0.2) is 0 Å². The molecule has 0 radical (unpaired) electrons. The number of aryl methyl sites for hydroxylation is 1. The number of benzene rings is 2. The van der Waals surface area contributed by atoms with Crippen LogP contribution in [0, 0.1) is 5.92 Å². The average molecular weight is 440 g/mol. The van der Waals surface area contributed by atoms with Gasteiger partial charge in [-0.1, -0.05) is 48.9 Å². The standard InChI is InChI=1S/C25H30ClN3O2/c1-18(17-19-7-3-2-4-8-19)25(31)29-24-21-11-10-20(9-5-14-27-15-6-16-30)28-23(21)13-12-22(24)26/h2-4,7-8,10-13,18,27,30H,5-6,9,14-17H2,1H3,(H,29,31)/t18-/m1/s1. The molecule has 2 aromatic carbocycles. The molecule has 5 nitrogen and oxygen atoms in total. The van der Waals surface area contributed by atoms with Crippen molar-refractivity contribution in [1.82, 2.24) is 10.3 Å². The topological polar surface area (TPSA) is 74.2 Å². The maximum atomic E-state index is 12.8. The van der Waals surface area contributed by atoms with E-state index in [2.05, 4.69) is 10.6 Å². The fourth-order valence-corrected chi connectivity index (χ4v) is 3.73. The number of aromatic nitrogens is 1. The van der Waals surface area contributed by atoms with E-state index in [1.54, 1.807) is 6.07 Å². The third kappa shape index (κ3) is 6.76. The number of carbonyl (C=O) groups is 1. The van der Waals surface area contributed by atoms with Crippen LogP contribution in [0.25, 0.3) is 10.9 Å². The molecule has 3 aromatic rings. The Balaban J connectivity index is 1.66. The monoisotopic (exact) mass is 439 g/mol. The van der Waals surface area contributed by atoms with Gasteiger partial charge in [-0.05, 0) is 68.6 Å². The first-order valence-corrected chi connectivity index (χ1v) is 11.2. The summed E-state index contributed by atoms with van der Waals surface area (Å²) in [6, 6.07) is 17.7. The summed E-state index contributed by atoms with van der Waals surface area (Å²) in [4.78, 5) is 17.6. The van der Waals surface area contributed by atoms with Crippen LogP contribution >= 0.6 is 11.6 Å². The normalized spacial score (nSPS) is 12.1. The van der Waals surface area contributed by atoms with E-state index in [4.69, 9.17) is 21.7 Å². The Labute approximate surface area is 188 Å². The molecule has 1 atom stereocenters. The molecule has 31 heavy (non-hydrogen) atoms. The first-order valence-electron chi connectivity index (χ1n) is 10.8. The zero-order valence-corrected chi connectivity index (χ0v) is 18.7. The van der Waals surface area contributed by atoms with Gasteiger partial charge in [0.05, 0.1) is 16.2 Å².